The average Bonchev–Trinajstić information content (AvgIpc) is 2.54. The van der Waals surface area contributed by atoms with Crippen molar-refractivity contribution in [1.29, 1.82) is 0 Å². The van der Waals surface area contributed by atoms with Gasteiger partial charge in [-0.05, 0) is 37.6 Å². The number of hydrogen-bond acceptors (Lipinski definition) is 3. The largest absolute Gasteiger partial charge is 0.324 e. The van der Waals surface area contributed by atoms with Crippen LogP contribution in [0.2, 0.25) is 0 Å². The van der Waals surface area contributed by atoms with Gasteiger partial charge in [0.15, 0.2) is 0 Å². The zero-order chi connectivity index (χ0) is 19.3. The number of nitrogens with one attached hydrogen (secondary N) is 1. The first-order valence-electron chi connectivity index (χ1n) is 7.96. The van der Waals surface area contributed by atoms with Crippen molar-refractivity contribution in [1.82, 2.24) is 0 Å². The van der Waals surface area contributed by atoms with E-state index in [0.717, 1.165) is 24.0 Å². The molecule has 2 rings (SSSR count). The van der Waals surface area contributed by atoms with Crippen LogP contribution in [0.1, 0.15) is 18.4 Å². The summed E-state index contributed by atoms with van der Waals surface area (Å²) in [7, 11) is -3.50. The van der Waals surface area contributed by atoms with Crippen molar-refractivity contribution in [3.63, 3.8) is 0 Å². The molecule has 0 spiro atoms. The van der Waals surface area contributed by atoms with Gasteiger partial charge in [0.25, 0.3) is 0 Å². The fourth-order valence-electron chi connectivity index (χ4n) is 2.38. The molecule has 0 aromatic heterocycles. The first kappa shape index (κ1) is 19.8. The third-order valence-corrected chi connectivity index (χ3v) is 4.89. The van der Waals surface area contributed by atoms with Gasteiger partial charge in [0.1, 0.15) is 11.6 Å². The standard InChI is InChI=1S/C18H20F2N2O3S/c1-13-5-8-15(9-6-13)22(26(2,24)25)11-3-4-18(23)21-17-10-7-14(19)12-16(17)20/h5-10,12H,3-4,11H2,1-2H3,(H,21,23). The normalized spacial score (nSPS) is 11.2. The van der Waals surface area contributed by atoms with E-state index in [4.69, 9.17) is 0 Å². The Balaban J connectivity index is 1.96. The van der Waals surface area contributed by atoms with Crippen molar-refractivity contribution >= 4 is 27.3 Å². The molecule has 0 aliphatic carbocycles. The number of benzene rings is 2. The number of hydrogen-bond donors (Lipinski definition) is 1. The number of halogens is 2. The van der Waals surface area contributed by atoms with E-state index in [-0.39, 0.29) is 25.1 Å². The Bertz CT molecular complexity index is 884. The summed E-state index contributed by atoms with van der Waals surface area (Å²) in [5.74, 6) is -2.08. The minimum absolute atomic E-state index is 0.00526. The Morgan fingerprint density at radius 2 is 1.77 bits per heavy atom. The van der Waals surface area contributed by atoms with E-state index in [9.17, 15) is 22.0 Å². The Labute approximate surface area is 151 Å². The lowest BCUT2D eigenvalue weighted by atomic mass is 10.2. The molecule has 26 heavy (non-hydrogen) atoms. The Morgan fingerprint density at radius 3 is 2.35 bits per heavy atom. The maximum Gasteiger partial charge on any atom is 0.232 e. The molecule has 0 aliphatic rings. The second-order valence-electron chi connectivity index (χ2n) is 5.95. The Morgan fingerprint density at radius 1 is 1.12 bits per heavy atom. The predicted molar refractivity (Wildman–Crippen MR) is 97.6 cm³/mol. The van der Waals surface area contributed by atoms with E-state index >= 15 is 0 Å². The highest BCUT2D eigenvalue weighted by molar-refractivity contribution is 7.92. The number of aryl methyl sites for hydroxylation is 1. The van der Waals surface area contributed by atoms with Crippen LogP contribution in [0, 0.1) is 18.6 Å². The average molecular weight is 382 g/mol. The number of rotatable bonds is 7. The highest BCUT2D eigenvalue weighted by atomic mass is 32.2. The number of carbonyl (C=O) groups is 1. The molecule has 0 bridgehead atoms. The monoisotopic (exact) mass is 382 g/mol. The van der Waals surface area contributed by atoms with Crippen LogP contribution in [-0.2, 0) is 14.8 Å². The minimum atomic E-state index is -3.50. The van der Waals surface area contributed by atoms with Crippen LogP contribution in [0.4, 0.5) is 20.2 Å². The molecule has 0 atom stereocenters. The molecule has 2 aromatic carbocycles. The number of amides is 1. The van der Waals surface area contributed by atoms with Gasteiger partial charge in [-0.2, -0.15) is 0 Å². The summed E-state index contributed by atoms with van der Waals surface area (Å²) in [6, 6.07) is 9.86. The van der Waals surface area contributed by atoms with Crippen molar-refractivity contribution in [2.45, 2.75) is 19.8 Å². The minimum Gasteiger partial charge on any atom is -0.324 e. The molecule has 140 valence electrons. The summed E-state index contributed by atoms with van der Waals surface area (Å²) in [5.41, 5.74) is 1.40. The molecule has 0 radical (unpaired) electrons. The van der Waals surface area contributed by atoms with Gasteiger partial charge in [-0.15, -0.1) is 0 Å². The van der Waals surface area contributed by atoms with Gasteiger partial charge < -0.3 is 5.32 Å². The summed E-state index contributed by atoms with van der Waals surface area (Å²) >= 11 is 0. The van der Waals surface area contributed by atoms with E-state index in [1.54, 1.807) is 24.3 Å². The van der Waals surface area contributed by atoms with E-state index in [2.05, 4.69) is 5.32 Å². The lowest BCUT2D eigenvalue weighted by Gasteiger charge is -2.22. The third kappa shape index (κ3) is 5.52. The SMILES string of the molecule is Cc1ccc(N(CCCC(=O)Nc2ccc(F)cc2F)S(C)(=O)=O)cc1. The molecule has 1 N–H and O–H groups in total. The number of carbonyl (C=O) groups excluding carboxylic acids is 1. The molecule has 1 amide bonds. The summed E-state index contributed by atoms with van der Waals surface area (Å²) in [6.45, 7) is 2.01. The van der Waals surface area contributed by atoms with Crippen LogP contribution < -0.4 is 9.62 Å². The van der Waals surface area contributed by atoms with Gasteiger partial charge in [0.2, 0.25) is 15.9 Å². The second-order valence-corrected chi connectivity index (χ2v) is 7.85. The Kier molecular flexibility index (Phi) is 6.31. The van der Waals surface area contributed by atoms with Crippen molar-refractivity contribution < 1.29 is 22.0 Å². The van der Waals surface area contributed by atoms with E-state index in [0.29, 0.717) is 11.8 Å². The summed E-state index contributed by atoms with van der Waals surface area (Å²) in [5, 5.41) is 2.35. The van der Waals surface area contributed by atoms with Gasteiger partial charge in [-0.25, -0.2) is 17.2 Å². The van der Waals surface area contributed by atoms with Gasteiger partial charge in [0, 0.05) is 19.0 Å². The number of anilines is 2. The molecule has 5 nitrogen and oxygen atoms in total. The van der Waals surface area contributed by atoms with Crippen molar-refractivity contribution in [2.75, 3.05) is 22.4 Å². The highest BCUT2D eigenvalue weighted by Crippen LogP contribution is 2.19. The second kappa shape index (κ2) is 8.27. The molecule has 0 fully saturated rings. The van der Waals surface area contributed by atoms with Crippen LogP contribution in [0.3, 0.4) is 0 Å². The van der Waals surface area contributed by atoms with Crippen LogP contribution >= 0.6 is 0 Å². The number of sulfonamides is 1. The van der Waals surface area contributed by atoms with Gasteiger partial charge in [-0.1, -0.05) is 17.7 Å². The number of nitrogens with zero attached hydrogens (tertiary/aromatic N) is 1. The molecule has 8 heteroatoms. The van der Waals surface area contributed by atoms with Crippen LogP contribution in [0.25, 0.3) is 0 Å². The van der Waals surface area contributed by atoms with Crippen LogP contribution in [0.5, 0.6) is 0 Å². The zero-order valence-electron chi connectivity index (χ0n) is 14.5. The van der Waals surface area contributed by atoms with Gasteiger partial charge in [0.05, 0.1) is 17.6 Å². The van der Waals surface area contributed by atoms with Gasteiger partial charge in [-0.3, -0.25) is 9.10 Å². The van der Waals surface area contributed by atoms with Crippen molar-refractivity contribution in [3.05, 3.63) is 59.7 Å². The third-order valence-electron chi connectivity index (χ3n) is 3.69. The van der Waals surface area contributed by atoms with E-state index < -0.39 is 27.6 Å². The molecule has 0 saturated heterocycles. The lowest BCUT2D eigenvalue weighted by Crippen LogP contribution is -2.31. The van der Waals surface area contributed by atoms with Crippen molar-refractivity contribution in [2.24, 2.45) is 0 Å². The maximum absolute atomic E-state index is 13.5. The molecule has 0 unspecified atom stereocenters. The van der Waals surface area contributed by atoms with Crippen LogP contribution in [-0.4, -0.2) is 27.1 Å². The van der Waals surface area contributed by atoms with Gasteiger partial charge >= 0.3 is 0 Å². The molecule has 0 heterocycles. The van der Waals surface area contributed by atoms with E-state index in [1.807, 2.05) is 6.92 Å². The molecule has 0 saturated carbocycles. The molecular formula is C18H20F2N2O3S. The fraction of sp³-hybridized carbons (Fsp3) is 0.278. The topological polar surface area (TPSA) is 66.5 Å². The molecule has 2 aromatic rings. The quantitative estimate of drug-likeness (QED) is 0.798. The smallest absolute Gasteiger partial charge is 0.232 e. The Hall–Kier alpha value is -2.48. The molecular weight excluding hydrogens is 362 g/mol. The fourth-order valence-corrected chi connectivity index (χ4v) is 3.35. The van der Waals surface area contributed by atoms with Crippen LogP contribution in [0.15, 0.2) is 42.5 Å². The summed E-state index contributed by atoms with van der Waals surface area (Å²) in [6.07, 6.45) is 1.34. The maximum atomic E-state index is 13.5. The first-order chi connectivity index (χ1) is 12.2. The summed E-state index contributed by atoms with van der Waals surface area (Å²) in [4.78, 5) is 11.9. The molecule has 0 aliphatic heterocycles. The predicted octanol–water partition coefficient (Wildman–Crippen LogP) is 3.46. The first-order valence-corrected chi connectivity index (χ1v) is 9.81. The highest BCUT2D eigenvalue weighted by Gasteiger charge is 2.17. The summed E-state index contributed by atoms with van der Waals surface area (Å²) < 4.78 is 51.6. The lowest BCUT2D eigenvalue weighted by molar-refractivity contribution is -0.116. The zero-order valence-corrected chi connectivity index (χ0v) is 15.3. The van der Waals surface area contributed by atoms with Crippen molar-refractivity contribution in [3.8, 4) is 0 Å². The van der Waals surface area contributed by atoms with E-state index in [1.165, 1.54) is 4.31 Å².